The number of nitrogens with zero attached hydrogens (tertiary/aromatic N) is 6. The first-order valence-corrected chi connectivity index (χ1v) is 10.7. The number of carbonyl (C=O) groups is 1. The molecule has 0 spiro atoms. The molecule has 0 fully saturated rings. The summed E-state index contributed by atoms with van der Waals surface area (Å²) in [7, 11) is 1.68. The van der Waals surface area contributed by atoms with Gasteiger partial charge >= 0.3 is 0 Å². The molecule has 3 heterocycles. The number of anilines is 1. The number of hydrogen-bond donors (Lipinski definition) is 1. The quantitative estimate of drug-likeness (QED) is 0.392. The second-order valence-corrected chi connectivity index (χ2v) is 7.69. The molecule has 35 heavy (non-hydrogen) atoms. The summed E-state index contributed by atoms with van der Waals surface area (Å²) >= 11 is 0. The maximum absolute atomic E-state index is 13.2. The van der Waals surface area contributed by atoms with Crippen molar-refractivity contribution >= 4 is 11.6 Å². The normalized spacial score (nSPS) is 10.8. The molecule has 0 radical (unpaired) electrons. The van der Waals surface area contributed by atoms with Crippen LogP contribution in [0, 0.1) is 12.7 Å². The zero-order valence-electron chi connectivity index (χ0n) is 18.9. The lowest BCUT2D eigenvalue weighted by molar-refractivity contribution is 0.101. The van der Waals surface area contributed by atoms with Crippen LogP contribution in [-0.2, 0) is 7.05 Å². The van der Waals surface area contributed by atoms with Crippen molar-refractivity contribution in [2.24, 2.45) is 7.05 Å². The molecule has 0 saturated carbocycles. The average Bonchev–Trinajstić information content (AvgIpc) is 3.51. The highest BCUT2D eigenvalue weighted by molar-refractivity contribution is 6.03. The molecular formula is C25H20FN7O2. The van der Waals surface area contributed by atoms with Gasteiger partial charge in [-0.1, -0.05) is 0 Å². The summed E-state index contributed by atoms with van der Waals surface area (Å²) in [6.07, 6.45) is 3.45. The fraction of sp³-hybridized carbons (Fsp3) is 0.0800. The molecule has 0 saturated heterocycles. The zero-order valence-corrected chi connectivity index (χ0v) is 18.9. The van der Waals surface area contributed by atoms with Crippen LogP contribution < -0.4 is 10.1 Å². The Morgan fingerprint density at radius 3 is 2.51 bits per heavy atom. The second-order valence-electron chi connectivity index (χ2n) is 7.69. The Morgan fingerprint density at radius 1 is 1.03 bits per heavy atom. The van der Waals surface area contributed by atoms with Crippen LogP contribution in [0.1, 0.15) is 16.3 Å². The summed E-state index contributed by atoms with van der Waals surface area (Å²) in [4.78, 5) is 21.5. The van der Waals surface area contributed by atoms with E-state index in [9.17, 15) is 9.18 Å². The molecule has 0 aliphatic carbocycles. The lowest BCUT2D eigenvalue weighted by Crippen LogP contribution is -2.15. The summed E-state index contributed by atoms with van der Waals surface area (Å²) in [6.45, 7) is 1.78. The monoisotopic (exact) mass is 469 g/mol. The number of nitrogens with one attached hydrogen (secondary N) is 1. The van der Waals surface area contributed by atoms with Gasteiger partial charge < -0.3 is 10.1 Å². The van der Waals surface area contributed by atoms with Crippen LogP contribution in [0.15, 0.2) is 79.1 Å². The molecule has 5 aromatic rings. The van der Waals surface area contributed by atoms with Crippen LogP contribution in [0.5, 0.6) is 11.6 Å². The minimum atomic E-state index is -0.330. The number of benzene rings is 2. The van der Waals surface area contributed by atoms with Crippen LogP contribution >= 0.6 is 0 Å². The van der Waals surface area contributed by atoms with Crippen molar-refractivity contribution in [1.82, 2.24) is 29.5 Å². The van der Waals surface area contributed by atoms with E-state index in [2.05, 4.69) is 25.5 Å². The third-order valence-corrected chi connectivity index (χ3v) is 5.13. The number of amides is 1. The second kappa shape index (κ2) is 9.18. The molecule has 1 amide bonds. The Balaban J connectivity index is 1.28. The fourth-order valence-electron chi connectivity index (χ4n) is 3.46. The van der Waals surface area contributed by atoms with E-state index in [-0.39, 0.29) is 11.7 Å². The van der Waals surface area contributed by atoms with Crippen molar-refractivity contribution in [2.45, 2.75) is 6.92 Å². The Hall–Kier alpha value is -4.86. The van der Waals surface area contributed by atoms with Crippen molar-refractivity contribution in [1.29, 1.82) is 0 Å². The van der Waals surface area contributed by atoms with E-state index in [1.54, 1.807) is 85.6 Å². The predicted molar refractivity (Wildman–Crippen MR) is 127 cm³/mol. The van der Waals surface area contributed by atoms with E-state index in [1.807, 2.05) is 0 Å². The number of rotatable bonds is 6. The van der Waals surface area contributed by atoms with Gasteiger partial charge in [-0.05, 0) is 67.6 Å². The maximum Gasteiger partial charge on any atom is 0.273 e. The molecule has 174 valence electrons. The van der Waals surface area contributed by atoms with Crippen molar-refractivity contribution < 1.29 is 13.9 Å². The fourth-order valence-corrected chi connectivity index (χ4v) is 3.46. The third-order valence-electron chi connectivity index (χ3n) is 5.13. The topological polar surface area (TPSA) is 99.8 Å². The summed E-state index contributed by atoms with van der Waals surface area (Å²) in [5, 5.41) is 11.4. The number of aromatic nitrogens is 6. The molecule has 2 aromatic carbocycles. The summed E-state index contributed by atoms with van der Waals surface area (Å²) in [5.41, 5.74) is 2.25. The van der Waals surface area contributed by atoms with Crippen molar-refractivity contribution in [2.75, 3.05) is 5.32 Å². The van der Waals surface area contributed by atoms with Gasteiger partial charge in [0.15, 0.2) is 5.82 Å². The molecule has 0 aliphatic rings. The number of aryl methyl sites for hydroxylation is 2. The first-order chi connectivity index (χ1) is 16.9. The van der Waals surface area contributed by atoms with Gasteiger partial charge in [0, 0.05) is 36.8 Å². The van der Waals surface area contributed by atoms with E-state index in [4.69, 9.17) is 4.74 Å². The highest BCUT2D eigenvalue weighted by atomic mass is 19.1. The van der Waals surface area contributed by atoms with Crippen LogP contribution in [0.2, 0.25) is 0 Å². The molecule has 1 N–H and O–H groups in total. The van der Waals surface area contributed by atoms with Crippen LogP contribution in [0.3, 0.4) is 0 Å². The first-order valence-electron chi connectivity index (χ1n) is 10.7. The van der Waals surface area contributed by atoms with E-state index in [0.29, 0.717) is 40.3 Å². The average molecular weight is 469 g/mol. The van der Waals surface area contributed by atoms with Crippen LogP contribution in [0.4, 0.5) is 10.1 Å². The third kappa shape index (κ3) is 4.91. The van der Waals surface area contributed by atoms with Crippen molar-refractivity contribution in [3.8, 4) is 28.7 Å². The van der Waals surface area contributed by atoms with E-state index < -0.39 is 0 Å². The molecule has 0 atom stereocenters. The van der Waals surface area contributed by atoms with Crippen molar-refractivity contribution in [3.05, 3.63) is 96.5 Å². The minimum absolute atomic E-state index is 0.322. The molecule has 0 unspecified atom stereocenters. The molecule has 9 nitrogen and oxygen atoms in total. The lowest BCUT2D eigenvalue weighted by atomic mass is 10.1. The SMILES string of the molecule is Cc1nc(Oc2ccc(NC(=O)c3cc(-c4ccc(F)cc4)nn3C)cc2)cc(-n2cccn2)n1. The Kier molecular flexibility index (Phi) is 5.76. The number of halogens is 1. The Bertz CT molecular complexity index is 1480. The van der Waals surface area contributed by atoms with Gasteiger partial charge in [-0.3, -0.25) is 9.48 Å². The highest BCUT2D eigenvalue weighted by Gasteiger charge is 2.15. The molecule has 10 heteroatoms. The van der Waals surface area contributed by atoms with Crippen LogP contribution in [0.25, 0.3) is 17.1 Å². The Labute approximate surface area is 199 Å². The van der Waals surface area contributed by atoms with Gasteiger partial charge in [0.05, 0.1) is 5.69 Å². The largest absolute Gasteiger partial charge is 0.439 e. The highest BCUT2D eigenvalue weighted by Crippen LogP contribution is 2.24. The standard InChI is InChI=1S/C25H20FN7O2/c1-16-28-23(33-13-3-12-27-33)15-24(29-16)35-20-10-8-19(9-11-20)30-25(34)22-14-21(31-32(22)2)17-4-6-18(26)7-5-17/h3-15H,1-2H3,(H,30,34). The number of ether oxygens (including phenoxy) is 1. The summed E-state index contributed by atoms with van der Waals surface area (Å²) in [6, 6.07) is 18.0. The maximum atomic E-state index is 13.2. The van der Waals surface area contributed by atoms with Gasteiger partial charge in [-0.25, -0.2) is 14.1 Å². The van der Waals surface area contributed by atoms with Gasteiger partial charge in [-0.15, -0.1) is 0 Å². The lowest BCUT2D eigenvalue weighted by Gasteiger charge is -2.09. The van der Waals surface area contributed by atoms with E-state index in [0.717, 1.165) is 5.56 Å². The van der Waals surface area contributed by atoms with Gasteiger partial charge in [0.25, 0.3) is 5.91 Å². The molecule has 0 aliphatic heterocycles. The van der Waals surface area contributed by atoms with E-state index >= 15 is 0 Å². The first kappa shape index (κ1) is 22.0. The van der Waals surface area contributed by atoms with Gasteiger partial charge in [0.2, 0.25) is 5.88 Å². The van der Waals surface area contributed by atoms with Gasteiger partial charge in [0.1, 0.15) is 23.1 Å². The molecular weight excluding hydrogens is 449 g/mol. The number of carbonyl (C=O) groups excluding carboxylic acids is 1. The van der Waals surface area contributed by atoms with Crippen molar-refractivity contribution in [3.63, 3.8) is 0 Å². The van der Waals surface area contributed by atoms with Crippen LogP contribution in [-0.4, -0.2) is 35.4 Å². The number of hydrogen-bond acceptors (Lipinski definition) is 6. The Morgan fingerprint density at radius 2 is 1.80 bits per heavy atom. The predicted octanol–water partition coefficient (Wildman–Crippen LogP) is 4.55. The molecule has 3 aromatic heterocycles. The smallest absolute Gasteiger partial charge is 0.273 e. The summed E-state index contributed by atoms with van der Waals surface area (Å²) < 4.78 is 22.2. The molecule has 5 rings (SSSR count). The van der Waals surface area contributed by atoms with Gasteiger partial charge in [-0.2, -0.15) is 15.2 Å². The minimum Gasteiger partial charge on any atom is -0.439 e. The zero-order chi connectivity index (χ0) is 24.4. The molecule has 0 bridgehead atoms. The van der Waals surface area contributed by atoms with E-state index in [1.165, 1.54) is 16.8 Å². The summed E-state index contributed by atoms with van der Waals surface area (Å²) in [5.74, 6) is 1.42.